The number of hydrogen-bond donors (Lipinski definition) is 1. The average Bonchev–Trinajstić information content (AvgIpc) is 2.36. The Balaban J connectivity index is 0.000000315. The summed E-state index contributed by atoms with van der Waals surface area (Å²) in [6, 6.07) is 14.3. The minimum absolute atomic E-state index is 1.14. The van der Waals surface area contributed by atoms with Crippen molar-refractivity contribution in [3.05, 3.63) is 36.4 Å². The molecular formula is C14H26OSi. The van der Waals surface area contributed by atoms with Gasteiger partial charge in [0, 0.05) is 0 Å². The molecule has 1 aromatic carbocycles. The molecule has 0 bridgehead atoms. The lowest BCUT2D eigenvalue weighted by atomic mass is 10.4. The minimum atomic E-state index is -1.24. The molecule has 0 unspecified atom stereocenters. The fraction of sp³-hybridized carbons (Fsp3) is 0.571. The van der Waals surface area contributed by atoms with Crippen LogP contribution in [0.1, 0.15) is 39.5 Å². The van der Waals surface area contributed by atoms with Gasteiger partial charge in [0.15, 0.2) is 9.04 Å². The molecule has 16 heavy (non-hydrogen) atoms. The van der Waals surface area contributed by atoms with Crippen LogP contribution in [-0.2, 0) is 0 Å². The second-order valence-electron chi connectivity index (χ2n) is 4.09. The summed E-state index contributed by atoms with van der Waals surface area (Å²) < 4.78 is 0. The van der Waals surface area contributed by atoms with Gasteiger partial charge in [0.2, 0.25) is 0 Å². The lowest BCUT2D eigenvalue weighted by molar-refractivity contribution is 0.555. The van der Waals surface area contributed by atoms with Crippen LogP contribution < -0.4 is 0 Å². The molecule has 0 aliphatic heterocycles. The molecule has 0 atom stereocenters. The highest BCUT2D eigenvalue weighted by atomic mass is 28.3. The fourth-order valence-corrected chi connectivity index (χ4v) is 3.46. The Bertz CT molecular complexity index is 179. The van der Waals surface area contributed by atoms with Gasteiger partial charge in [-0.1, -0.05) is 75.9 Å². The smallest absolute Gasteiger partial charge is 0.172 e. The van der Waals surface area contributed by atoms with Gasteiger partial charge in [-0.3, -0.25) is 0 Å². The molecule has 1 nitrogen and oxygen atoms in total. The van der Waals surface area contributed by atoms with Crippen LogP contribution in [0.4, 0.5) is 0 Å². The highest BCUT2D eigenvalue weighted by Gasteiger charge is 2.03. The van der Waals surface area contributed by atoms with Crippen molar-refractivity contribution in [2.24, 2.45) is 0 Å². The first kappa shape index (κ1) is 15.4. The van der Waals surface area contributed by atoms with Gasteiger partial charge in [-0.15, -0.1) is 0 Å². The van der Waals surface area contributed by atoms with Crippen molar-refractivity contribution >= 4 is 9.04 Å². The van der Waals surface area contributed by atoms with Gasteiger partial charge in [-0.25, -0.2) is 0 Å². The van der Waals surface area contributed by atoms with Crippen LogP contribution in [0.25, 0.3) is 0 Å². The van der Waals surface area contributed by atoms with Gasteiger partial charge >= 0.3 is 0 Å². The van der Waals surface area contributed by atoms with Gasteiger partial charge < -0.3 is 4.80 Å². The zero-order valence-corrected chi connectivity index (χ0v) is 11.9. The SMILES string of the molecule is CCCC[SiH](O)CCCC.c1ccccc1. The highest BCUT2D eigenvalue weighted by Crippen LogP contribution is 2.06. The number of benzene rings is 1. The van der Waals surface area contributed by atoms with E-state index in [1.165, 1.54) is 25.7 Å². The molecule has 0 aliphatic carbocycles. The summed E-state index contributed by atoms with van der Waals surface area (Å²) in [7, 11) is -1.24. The maximum absolute atomic E-state index is 9.45. The summed E-state index contributed by atoms with van der Waals surface area (Å²) in [4.78, 5) is 9.45. The Hall–Kier alpha value is -0.603. The van der Waals surface area contributed by atoms with E-state index in [-0.39, 0.29) is 0 Å². The van der Waals surface area contributed by atoms with Crippen molar-refractivity contribution in [1.82, 2.24) is 0 Å². The topological polar surface area (TPSA) is 20.2 Å². The van der Waals surface area contributed by atoms with Crippen LogP contribution in [-0.4, -0.2) is 13.8 Å². The van der Waals surface area contributed by atoms with E-state index in [9.17, 15) is 4.80 Å². The van der Waals surface area contributed by atoms with E-state index in [1.807, 2.05) is 36.4 Å². The molecule has 0 fully saturated rings. The highest BCUT2D eigenvalue weighted by molar-refractivity contribution is 6.50. The molecule has 0 aromatic heterocycles. The molecule has 0 saturated carbocycles. The largest absolute Gasteiger partial charge is 0.435 e. The average molecular weight is 238 g/mol. The molecule has 1 rings (SSSR count). The molecule has 1 aromatic rings. The maximum atomic E-state index is 9.45. The van der Waals surface area contributed by atoms with Crippen molar-refractivity contribution in [2.75, 3.05) is 0 Å². The molecule has 2 heteroatoms. The third-order valence-electron chi connectivity index (χ3n) is 2.45. The molecule has 0 aliphatic rings. The second kappa shape index (κ2) is 12.5. The predicted octanol–water partition coefficient (Wildman–Crippen LogP) is 3.99. The Morgan fingerprint density at radius 2 is 1.06 bits per heavy atom. The predicted molar refractivity (Wildman–Crippen MR) is 75.2 cm³/mol. The molecule has 0 radical (unpaired) electrons. The van der Waals surface area contributed by atoms with Crippen LogP contribution in [0.3, 0.4) is 0 Å². The van der Waals surface area contributed by atoms with Crippen LogP contribution in [0.2, 0.25) is 12.1 Å². The molecule has 92 valence electrons. The summed E-state index contributed by atoms with van der Waals surface area (Å²) in [5.74, 6) is 0. The monoisotopic (exact) mass is 238 g/mol. The van der Waals surface area contributed by atoms with Gasteiger partial charge in [0.05, 0.1) is 0 Å². The van der Waals surface area contributed by atoms with Gasteiger partial charge in [-0.2, -0.15) is 0 Å². The first-order chi connectivity index (χ1) is 7.81. The minimum Gasteiger partial charge on any atom is -0.435 e. The standard InChI is InChI=1S/C8H20OSi.C6H6/c1-3-5-7-10(9)8-6-4-2;1-2-4-6-5-3-1/h9-10H,3-8H2,1-2H3;1-6H. The lowest BCUT2D eigenvalue weighted by Crippen LogP contribution is -2.10. The third kappa shape index (κ3) is 11.5. The van der Waals surface area contributed by atoms with Crippen molar-refractivity contribution in [2.45, 2.75) is 51.6 Å². The van der Waals surface area contributed by atoms with E-state index >= 15 is 0 Å². The van der Waals surface area contributed by atoms with E-state index in [0.717, 1.165) is 12.1 Å². The second-order valence-corrected chi connectivity index (χ2v) is 6.56. The summed E-state index contributed by atoms with van der Waals surface area (Å²) in [5.41, 5.74) is 0. The van der Waals surface area contributed by atoms with Crippen molar-refractivity contribution < 1.29 is 4.80 Å². The number of unbranched alkanes of at least 4 members (excludes halogenated alkanes) is 2. The quantitative estimate of drug-likeness (QED) is 0.743. The Labute approximate surface area is 102 Å². The van der Waals surface area contributed by atoms with Crippen LogP contribution in [0, 0.1) is 0 Å². The molecule has 1 N–H and O–H groups in total. The Morgan fingerprint density at radius 3 is 1.31 bits per heavy atom. The fourth-order valence-electron chi connectivity index (χ4n) is 1.41. The van der Waals surface area contributed by atoms with Gasteiger partial charge in [-0.05, 0) is 12.1 Å². The summed E-state index contributed by atoms with van der Waals surface area (Å²) in [6.45, 7) is 4.36. The summed E-state index contributed by atoms with van der Waals surface area (Å²) in [6.07, 6.45) is 4.93. The van der Waals surface area contributed by atoms with E-state index in [2.05, 4.69) is 13.8 Å². The zero-order chi connectivity index (χ0) is 12.1. The molecule has 0 heterocycles. The molecule has 0 spiro atoms. The van der Waals surface area contributed by atoms with Gasteiger partial charge in [0.1, 0.15) is 0 Å². The molecule has 0 amide bonds. The van der Waals surface area contributed by atoms with E-state index in [0.29, 0.717) is 0 Å². The maximum Gasteiger partial charge on any atom is 0.172 e. The summed E-state index contributed by atoms with van der Waals surface area (Å²) >= 11 is 0. The van der Waals surface area contributed by atoms with E-state index in [4.69, 9.17) is 0 Å². The Morgan fingerprint density at radius 1 is 0.750 bits per heavy atom. The number of rotatable bonds is 6. The van der Waals surface area contributed by atoms with Crippen molar-refractivity contribution in [3.63, 3.8) is 0 Å². The lowest BCUT2D eigenvalue weighted by Gasteiger charge is -2.05. The summed E-state index contributed by atoms with van der Waals surface area (Å²) in [5, 5.41) is 0. The molecule has 0 saturated heterocycles. The zero-order valence-electron chi connectivity index (χ0n) is 10.7. The van der Waals surface area contributed by atoms with Crippen LogP contribution in [0.5, 0.6) is 0 Å². The normalized spacial score (nSPS) is 9.75. The van der Waals surface area contributed by atoms with Crippen molar-refractivity contribution in [1.29, 1.82) is 0 Å². The Kier molecular flexibility index (Phi) is 12.0. The van der Waals surface area contributed by atoms with E-state index < -0.39 is 9.04 Å². The third-order valence-corrected chi connectivity index (χ3v) is 4.60. The van der Waals surface area contributed by atoms with Crippen LogP contribution in [0.15, 0.2) is 36.4 Å². The van der Waals surface area contributed by atoms with Crippen LogP contribution >= 0.6 is 0 Å². The van der Waals surface area contributed by atoms with E-state index in [1.54, 1.807) is 0 Å². The van der Waals surface area contributed by atoms with Gasteiger partial charge in [0.25, 0.3) is 0 Å². The number of hydrogen-bond acceptors (Lipinski definition) is 1. The first-order valence-corrected chi connectivity index (χ1v) is 8.64. The van der Waals surface area contributed by atoms with Crippen molar-refractivity contribution in [3.8, 4) is 0 Å². The first-order valence-electron chi connectivity index (χ1n) is 6.49. The molecular weight excluding hydrogens is 212 g/mol.